The van der Waals surface area contributed by atoms with Crippen molar-refractivity contribution in [3.63, 3.8) is 0 Å². The lowest BCUT2D eigenvalue weighted by Gasteiger charge is -2.07. The van der Waals surface area contributed by atoms with Gasteiger partial charge in [0.25, 0.3) is 0 Å². The monoisotopic (exact) mass is 389 g/mol. The first-order valence-electron chi connectivity index (χ1n) is 9.24. The molecule has 2 aromatic carbocycles. The van der Waals surface area contributed by atoms with Gasteiger partial charge >= 0.3 is 0 Å². The summed E-state index contributed by atoms with van der Waals surface area (Å²) in [6.45, 7) is 1.97. The van der Waals surface area contributed by atoms with Gasteiger partial charge in [0.2, 0.25) is 0 Å². The first-order chi connectivity index (χ1) is 13.9. The van der Waals surface area contributed by atoms with Crippen LogP contribution in [-0.2, 0) is 17.9 Å². The van der Waals surface area contributed by atoms with Crippen LogP contribution in [-0.4, -0.2) is 30.8 Å². The van der Waals surface area contributed by atoms with E-state index in [1.165, 1.54) is 10.2 Å². The largest absolute Gasteiger partial charge is 0.375 e. The molecule has 5 aromatic rings. The van der Waals surface area contributed by atoms with E-state index in [4.69, 9.17) is 9.72 Å². The fourth-order valence-corrected chi connectivity index (χ4v) is 4.42. The first kappa shape index (κ1) is 17.1. The summed E-state index contributed by atoms with van der Waals surface area (Å²) in [6, 6.07) is 18.7. The standard InChI is InChI=1S/C21H19N5OS/c1-2-7-16(8-3-1)20-18(13-27-12-6-11-25-15-22-14-23-25)26-17-9-4-5-10-19(17)28-21(26)24-20/h1-5,7-10,14-15H,6,11-13H2. The van der Waals surface area contributed by atoms with Gasteiger partial charge in [0, 0.05) is 18.7 Å². The zero-order valence-corrected chi connectivity index (χ0v) is 16.0. The van der Waals surface area contributed by atoms with Gasteiger partial charge in [0.05, 0.1) is 28.2 Å². The second-order valence-electron chi connectivity index (χ2n) is 6.53. The van der Waals surface area contributed by atoms with Crippen LogP contribution in [0.5, 0.6) is 0 Å². The van der Waals surface area contributed by atoms with E-state index in [2.05, 4.69) is 50.9 Å². The highest BCUT2D eigenvalue weighted by Crippen LogP contribution is 2.33. The van der Waals surface area contributed by atoms with Crippen LogP contribution in [0, 0.1) is 0 Å². The topological polar surface area (TPSA) is 57.2 Å². The maximum atomic E-state index is 6.05. The molecule has 6 nitrogen and oxygen atoms in total. The van der Waals surface area contributed by atoms with Crippen LogP contribution in [0.15, 0.2) is 67.3 Å². The molecule has 0 amide bonds. The normalized spacial score (nSPS) is 11.6. The lowest BCUT2D eigenvalue weighted by Crippen LogP contribution is -2.05. The first-order valence-corrected chi connectivity index (χ1v) is 10.1. The maximum absolute atomic E-state index is 6.05. The predicted octanol–water partition coefficient (Wildman–Crippen LogP) is 4.41. The Morgan fingerprint density at radius 2 is 1.86 bits per heavy atom. The van der Waals surface area contributed by atoms with Crippen molar-refractivity contribution in [2.45, 2.75) is 19.6 Å². The van der Waals surface area contributed by atoms with Crippen molar-refractivity contribution in [2.75, 3.05) is 6.61 Å². The molecule has 0 N–H and O–H groups in total. The van der Waals surface area contributed by atoms with Crippen LogP contribution in [0.25, 0.3) is 26.4 Å². The molecule has 0 bridgehead atoms. The molecule has 7 heteroatoms. The van der Waals surface area contributed by atoms with Gasteiger partial charge in [0.1, 0.15) is 12.7 Å². The number of para-hydroxylation sites is 1. The lowest BCUT2D eigenvalue weighted by atomic mass is 10.1. The van der Waals surface area contributed by atoms with Gasteiger partial charge in [0.15, 0.2) is 4.96 Å². The van der Waals surface area contributed by atoms with Gasteiger partial charge in [-0.25, -0.2) is 9.97 Å². The van der Waals surface area contributed by atoms with E-state index in [0.29, 0.717) is 13.2 Å². The summed E-state index contributed by atoms with van der Waals surface area (Å²) in [5.41, 5.74) is 4.38. The molecular formula is C21H19N5OS. The molecule has 0 radical (unpaired) electrons. The van der Waals surface area contributed by atoms with Crippen molar-refractivity contribution < 1.29 is 4.74 Å². The van der Waals surface area contributed by atoms with E-state index in [1.54, 1.807) is 24.0 Å². The van der Waals surface area contributed by atoms with Crippen molar-refractivity contribution in [3.05, 3.63) is 72.9 Å². The Labute approximate surface area is 166 Å². The van der Waals surface area contributed by atoms with E-state index in [1.807, 2.05) is 22.9 Å². The third kappa shape index (κ3) is 3.19. The number of aryl methyl sites for hydroxylation is 1. The Hall–Kier alpha value is -3.03. The summed E-state index contributed by atoms with van der Waals surface area (Å²) in [4.78, 5) is 9.90. The van der Waals surface area contributed by atoms with E-state index in [-0.39, 0.29) is 0 Å². The minimum Gasteiger partial charge on any atom is -0.375 e. The summed E-state index contributed by atoms with van der Waals surface area (Å²) in [6.07, 6.45) is 4.17. The van der Waals surface area contributed by atoms with Crippen molar-refractivity contribution in [2.24, 2.45) is 0 Å². The number of ether oxygens (including phenoxy) is 1. The van der Waals surface area contributed by atoms with Crippen LogP contribution in [0.4, 0.5) is 0 Å². The Balaban J connectivity index is 1.44. The van der Waals surface area contributed by atoms with Crippen LogP contribution >= 0.6 is 11.3 Å². The van der Waals surface area contributed by atoms with Crippen LogP contribution in [0.2, 0.25) is 0 Å². The molecule has 0 saturated carbocycles. The van der Waals surface area contributed by atoms with Crippen molar-refractivity contribution in [3.8, 4) is 11.3 Å². The van der Waals surface area contributed by atoms with Crippen molar-refractivity contribution >= 4 is 26.5 Å². The van der Waals surface area contributed by atoms with Gasteiger partial charge in [-0.3, -0.25) is 9.08 Å². The smallest absolute Gasteiger partial charge is 0.195 e. The molecular weight excluding hydrogens is 370 g/mol. The van der Waals surface area contributed by atoms with Crippen LogP contribution in [0.3, 0.4) is 0 Å². The number of thiazole rings is 1. The molecule has 140 valence electrons. The molecule has 0 aliphatic heterocycles. The van der Waals surface area contributed by atoms with Crippen molar-refractivity contribution in [1.29, 1.82) is 0 Å². The molecule has 0 aliphatic rings. The molecule has 0 unspecified atom stereocenters. The number of nitrogens with zero attached hydrogens (tertiary/aromatic N) is 5. The third-order valence-corrected chi connectivity index (χ3v) is 5.70. The predicted molar refractivity (Wildman–Crippen MR) is 110 cm³/mol. The highest BCUT2D eigenvalue weighted by Gasteiger charge is 2.18. The summed E-state index contributed by atoms with van der Waals surface area (Å²) >= 11 is 1.71. The summed E-state index contributed by atoms with van der Waals surface area (Å²) in [5, 5.41) is 4.12. The van der Waals surface area contributed by atoms with Gasteiger partial charge < -0.3 is 4.74 Å². The fraction of sp³-hybridized carbons (Fsp3) is 0.190. The van der Waals surface area contributed by atoms with E-state index < -0.39 is 0 Å². The Bertz CT molecular complexity index is 1190. The molecule has 5 rings (SSSR count). The zero-order chi connectivity index (χ0) is 18.8. The average molecular weight is 389 g/mol. The Kier molecular flexibility index (Phi) is 4.60. The molecule has 0 atom stereocenters. The Morgan fingerprint density at radius 3 is 2.71 bits per heavy atom. The number of aromatic nitrogens is 5. The molecule has 0 fully saturated rings. The summed E-state index contributed by atoms with van der Waals surface area (Å²) in [7, 11) is 0. The van der Waals surface area contributed by atoms with Gasteiger partial charge in [-0.2, -0.15) is 5.10 Å². The molecule has 3 aromatic heterocycles. The maximum Gasteiger partial charge on any atom is 0.195 e. The number of hydrogen-bond donors (Lipinski definition) is 0. The lowest BCUT2D eigenvalue weighted by molar-refractivity contribution is 0.112. The second-order valence-corrected chi connectivity index (χ2v) is 7.53. The fourth-order valence-electron chi connectivity index (χ4n) is 3.38. The van der Waals surface area contributed by atoms with Crippen molar-refractivity contribution in [1.82, 2.24) is 24.1 Å². The van der Waals surface area contributed by atoms with Crippen LogP contribution in [0.1, 0.15) is 12.1 Å². The zero-order valence-electron chi connectivity index (χ0n) is 15.2. The minimum atomic E-state index is 0.517. The quantitative estimate of drug-likeness (QED) is 0.387. The average Bonchev–Trinajstić information content (AvgIpc) is 3.44. The number of rotatable bonds is 7. The van der Waals surface area contributed by atoms with E-state index in [9.17, 15) is 0 Å². The summed E-state index contributed by atoms with van der Waals surface area (Å²) < 4.78 is 11.3. The van der Waals surface area contributed by atoms with Gasteiger partial charge in [-0.15, -0.1) is 0 Å². The Morgan fingerprint density at radius 1 is 1.00 bits per heavy atom. The number of benzene rings is 2. The van der Waals surface area contributed by atoms with E-state index in [0.717, 1.165) is 34.9 Å². The van der Waals surface area contributed by atoms with E-state index >= 15 is 0 Å². The molecule has 0 spiro atoms. The highest BCUT2D eigenvalue weighted by atomic mass is 32.1. The number of fused-ring (bicyclic) bond motifs is 3. The molecule has 28 heavy (non-hydrogen) atoms. The number of imidazole rings is 1. The third-order valence-electron chi connectivity index (χ3n) is 4.68. The number of hydrogen-bond acceptors (Lipinski definition) is 5. The SMILES string of the molecule is c1ccc(-c2nc3sc4ccccc4n3c2COCCCn2cncn2)cc1. The second kappa shape index (κ2) is 7.53. The van der Waals surface area contributed by atoms with Gasteiger partial charge in [-0.1, -0.05) is 53.8 Å². The summed E-state index contributed by atoms with van der Waals surface area (Å²) in [5.74, 6) is 0. The molecule has 0 aliphatic carbocycles. The van der Waals surface area contributed by atoms with Crippen LogP contribution < -0.4 is 0 Å². The minimum absolute atomic E-state index is 0.517. The molecule has 3 heterocycles. The molecule has 0 saturated heterocycles. The van der Waals surface area contributed by atoms with Gasteiger partial charge in [-0.05, 0) is 18.6 Å². The highest BCUT2D eigenvalue weighted by molar-refractivity contribution is 7.23.